The van der Waals surface area contributed by atoms with Crippen LogP contribution in [0.25, 0.3) is 0 Å². The minimum Gasteiger partial charge on any atom is -0.480 e. The van der Waals surface area contributed by atoms with Crippen molar-refractivity contribution in [2.75, 3.05) is 33.2 Å². The summed E-state index contributed by atoms with van der Waals surface area (Å²) in [6.07, 6.45) is 4.49. The molecular weight excluding hydrogens is 234 g/mol. The molecule has 104 valence electrons. The van der Waals surface area contributed by atoms with Gasteiger partial charge in [-0.2, -0.15) is 0 Å². The molecule has 1 amide bonds. The molecule has 6 nitrogen and oxygen atoms in total. The van der Waals surface area contributed by atoms with E-state index >= 15 is 0 Å². The Labute approximate surface area is 108 Å². The fourth-order valence-corrected chi connectivity index (χ4v) is 2.47. The van der Waals surface area contributed by atoms with Crippen LogP contribution in [0.15, 0.2) is 0 Å². The molecule has 18 heavy (non-hydrogen) atoms. The minimum absolute atomic E-state index is 0.0166. The molecule has 3 N–H and O–H groups in total. The number of nitrogens with two attached hydrogens (primary N) is 1. The van der Waals surface area contributed by atoms with Gasteiger partial charge in [-0.3, -0.25) is 14.5 Å². The number of carbonyl (C=O) groups is 2. The molecule has 1 atom stereocenters. The van der Waals surface area contributed by atoms with Crippen molar-refractivity contribution in [1.82, 2.24) is 9.80 Å². The van der Waals surface area contributed by atoms with Crippen molar-refractivity contribution in [2.45, 2.75) is 31.7 Å². The number of nitrogens with zero attached hydrogens (tertiary/aromatic N) is 2. The maximum Gasteiger partial charge on any atom is 0.317 e. The van der Waals surface area contributed by atoms with E-state index in [2.05, 4.69) is 11.9 Å². The molecule has 1 unspecified atom stereocenters. The number of amides is 1. The van der Waals surface area contributed by atoms with Gasteiger partial charge in [-0.15, -0.1) is 0 Å². The summed E-state index contributed by atoms with van der Waals surface area (Å²) in [4.78, 5) is 25.5. The third kappa shape index (κ3) is 5.46. The molecule has 0 radical (unpaired) electrons. The molecular formula is C12H23N3O3. The molecule has 1 aliphatic rings. The van der Waals surface area contributed by atoms with Gasteiger partial charge in [0.2, 0.25) is 5.91 Å². The Kier molecular flexibility index (Phi) is 6.07. The van der Waals surface area contributed by atoms with E-state index in [-0.39, 0.29) is 13.1 Å². The number of hydrogen-bond acceptors (Lipinski definition) is 4. The zero-order valence-corrected chi connectivity index (χ0v) is 11.0. The summed E-state index contributed by atoms with van der Waals surface area (Å²) in [6.45, 7) is 1.59. The van der Waals surface area contributed by atoms with Crippen LogP contribution < -0.4 is 5.73 Å². The zero-order valence-electron chi connectivity index (χ0n) is 11.0. The predicted molar refractivity (Wildman–Crippen MR) is 68.2 cm³/mol. The van der Waals surface area contributed by atoms with Crippen LogP contribution in [0.3, 0.4) is 0 Å². The van der Waals surface area contributed by atoms with Crippen molar-refractivity contribution in [3.63, 3.8) is 0 Å². The number of hydrogen-bond donors (Lipinski definition) is 2. The number of primary amides is 1. The van der Waals surface area contributed by atoms with Crippen molar-refractivity contribution in [3.8, 4) is 0 Å². The first kappa shape index (κ1) is 14.9. The van der Waals surface area contributed by atoms with E-state index in [0.29, 0.717) is 12.6 Å². The SMILES string of the molecule is CN1CCCCC1CCN(CC(N)=O)CC(=O)O. The summed E-state index contributed by atoms with van der Waals surface area (Å²) < 4.78 is 0. The minimum atomic E-state index is -0.923. The monoisotopic (exact) mass is 257 g/mol. The lowest BCUT2D eigenvalue weighted by Crippen LogP contribution is -2.42. The highest BCUT2D eigenvalue weighted by Crippen LogP contribution is 2.17. The standard InChI is InChI=1S/C12H23N3O3/c1-14-6-3-2-4-10(14)5-7-15(8-11(13)16)9-12(17)18/h10H,2-9H2,1H3,(H2,13,16)(H,17,18). The molecule has 0 bridgehead atoms. The van der Waals surface area contributed by atoms with Gasteiger partial charge in [-0.25, -0.2) is 0 Å². The van der Waals surface area contributed by atoms with Gasteiger partial charge in [0.1, 0.15) is 0 Å². The maximum absolute atomic E-state index is 10.9. The lowest BCUT2D eigenvalue weighted by Gasteiger charge is -2.33. The molecule has 1 saturated heterocycles. The lowest BCUT2D eigenvalue weighted by atomic mass is 10.00. The Hall–Kier alpha value is -1.14. The topological polar surface area (TPSA) is 86.9 Å². The molecule has 0 aromatic carbocycles. The van der Waals surface area contributed by atoms with Crippen LogP contribution in [-0.4, -0.2) is 66.1 Å². The van der Waals surface area contributed by atoms with E-state index in [1.807, 2.05) is 0 Å². The van der Waals surface area contributed by atoms with Gasteiger partial charge in [0.15, 0.2) is 0 Å². The molecule has 0 spiro atoms. The molecule has 0 aliphatic carbocycles. The second kappa shape index (κ2) is 7.33. The van der Waals surface area contributed by atoms with E-state index in [4.69, 9.17) is 10.8 Å². The highest BCUT2D eigenvalue weighted by molar-refractivity contribution is 5.77. The molecule has 1 aliphatic heterocycles. The predicted octanol–water partition coefficient (Wildman–Crippen LogP) is -0.267. The van der Waals surface area contributed by atoms with Crippen LogP contribution in [0, 0.1) is 0 Å². The number of likely N-dealkylation sites (tertiary alicyclic amines) is 1. The lowest BCUT2D eigenvalue weighted by molar-refractivity contribution is -0.138. The van der Waals surface area contributed by atoms with Crippen LogP contribution in [-0.2, 0) is 9.59 Å². The van der Waals surface area contributed by atoms with Crippen LogP contribution in [0.4, 0.5) is 0 Å². The molecule has 1 fully saturated rings. The summed E-state index contributed by atoms with van der Waals surface area (Å²) in [5, 5.41) is 8.78. The van der Waals surface area contributed by atoms with Gasteiger partial charge in [0.25, 0.3) is 0 Å². The third-order valence-corrected chi connectivity index (χ3v) is 3.44. The Morgan fingerprint density at radius 1 is 1.39 bits per heavy atom. The molecule has 0 aromatic heterocycles. The quantitative estimate of drug-likeness (QED) is 0.656. The zero-order chi connectivity index (χ0) is 13.5. The van der Waals surface area contributed by atoms with Gasteiger partial charge in [0.05, 0.1) is 13.1 Å². The second-order valence-electron chi connectivity index (χ2n) is 4.99. The van der Waals surface area contributed by atoms with E-state index in [1.54, 1.807) is 4.90 Å². The Bertz CT molecular complexity index is 280. The van der Waals surface area contributed by atoms with E-state index in [9.17, 15) is 9.59 Å². The first-order valence-corrected chi connectivity index (χ1v) is 6.41. The van der Waals surface area contributed by atoms with E-state index in [1.165, 1.54) is 12.8 Å². The number of aliphatic carboxylic acids is 1. The van der Waals surface area contributed by atoms with Crippen LogP contribution in [0.2, 0.25) is 0 Å². The van der Waals surface area contributed by atoms with E-state index in [0.717, 1.165) is 19.4 Å². The average Bonchev–Trinajstić information content (AvgIpc) is 2.26. The van der Waals surface area contributed by atoms with Gasteiger partial charge < -0.3 is 15.7 Å². The molecule has 1 rings (SSSR count). The fourth-order valence-electron chi connectivity index (χ4n) is 2.47. The molecule has 0 aromatic rings. The highest BCUT2D eigenvalue weighted by Gasteiger charge is 2.20. The van der Waals surface area contributed by atoms with E-state index < -0.39 is 11.9 Å². The van der Waals surface area contributed by atoms with Gasteiger partial charge in [-0.05, 0) is 32.9 Å². The second-order valence-corrected chi connectivity index (χ2v) is 4.99. The van der Waals surface area contributed by atoms with Gasteiger partial charge in [-0.1, -0.05) is 6.42 Å². The third-order valence-electron chi connectivity index (χ3n) is 3.44. The number of carbonyl (C=O) groups excluding carboxylic acids is 1. The van der Waals surface area contributed by atoms with Crippen molar-refractivity contribution < 1.29 is 14.7 Å². The van der Waals surface area contributed by atoms with Crippen LogP contribution in [0.5, 0.6) is 0 Å². The van der Waals surface area contributed by atoms with Crippen LogP contribution in [0.1, 0.15) is 25.7 Å². The van der Waals surface area contributed by atoms with Crippen molar-refractivity contribution in [2.24, 2.45) is 5.73 Å². The van der Waals surface area contributed by atoms with Crippen molar-refractivity contribution >= 4 is 11.9 Å². The summed E-state index contributed by atoms with van der Waals surface area (Å²) in [5.74, 6) is -1.40. The number of carboxylic acids is 1. The number of rotatable bonds is 7. The highest BCUT2D eigenvalue weighted by atomic mass is 16.4. The molecule has 6 heteroatoms. The first-order chi connectivity index (χ1) is 8.49. The summed E-state index contributed by atoms with van der Waals surface area (Å²) in [5.41, 5.74) is 5.12. The Morgan fingerprint density at radius 3 is 2.67 bits per heavy atom. The van der Waals surface area contributed by atoms with Crippen molar-refractivity contribution in [3.05, 3.63) is 0 Å². The van der Waals surface area contributed by atoms with Crippen LogP contribution >= 0.6 is 0 Å². The largest absolute Gasteiger partial charge is 0.480 e. The van der Waals surface area contributed by atoms with Crippen molar-refractivity contribution in [1.29, 1.82) is 0 Å². The van der Waals surface area contributed by atoms with Gasteiger partial charge >= 0.3 is 5.97 Å². The summed E-state index contributed by atoms with van der Waals surface area (Å²) in [6, 6.07) is 0.489. The molecule has 0 saturated carbocycles. The first-order valence-electron chi connectivity index (χ1n) is 6.41. The summed E-state index contributed by atoms with van der Waals surface area (Å²) >= 11 is 0. The average molecular weight is 257 g/mol. The molecule has 1 heterocycles. The summed E-state index contributed by atoms with van der Waals surface area (Å²) in [7, 11) is 2.10. The maximum atomic E-state index is 10.9. The smallest absolute Gasteiger partial charge is 0.317 e. The number of piperidine rings is 1. The normalized spacial score (nSPS) is 21.1. The number of carboxylic acid groups (broad SMARTS) is 1. The fraction of sp³-hybridized carbons (Fsp3) is 0.833. The Balaban J connectivity index is 2.39. The Morgan fingerprint density at radius 2 is 2.11 bits per heavy atom. The van der Waals surface area contributed by atoms with Gasteiger partial charge in [0, 0.05) is 12.6 Å².